The summed E-state index contributed by atoms with van der Waals surface area (Å²) in [5.41, 5.74) is 4.46. The molecule has 0 aliphatic carbocycles. The van der Waals surface area contributed by atoms with Crippen molar-refractivity contribution < 1.29 is 9.59 Å². The molecule has 0 bridgehead atoms. The van der Waals surface area contributed by atoms with Crippen LogP contribution in [0.3, 0.4) is 0 Å². The van der Waals surface area contributed by atoms with Gasteiger partial charge in [-0.05, 0) is 48.2 Å². The highest BCUT2D eigenvalue weighted by Gasteiger charge is 2.25. The zero-order valence-corrected chi connectivity index (χ0v) is 19.5. The monoisotopic (exact) mass is 471 g/mol. The Balaban J connectivity index is 1.39. The largest absolute Gasteiger partial charge is 0.360 e. The Morgan fingerprint density at radius 1 is 1.06 bits per heavy atom. The van der Waals surface area contributed by atoms with E-state index in [2.05, 4.69) is 10.3 Å². The number of nitrogens with one attached hydrogen (secondary N) is 2. The minimum Gasteiger partial charge on any atom is -0.360 e. The van der Waals surface area contributed by atoms with Crippen molar-refractivity contribution in [1.82, 2.24) is 10.3 Å². The van der Waals surface area contributed by atoms with Crippen LogP contribution < -0.4 is 10.2 Å². The van der Waals surface area contributed by atoms with Gasteiger partial charge < -0.3 is 15.2 Å². The third-order valence-corrected chi connectivity index (χ3v) is 6.64. The number of amides is 1. The van der Waals surface area contributed by atoms with E-state index in [0.29, 0.717) is 23.6 Å². The van der Waals surface area contributed by atoms with Crippen molar-refractivity contribution >= 4 is 39.9 Å². The maximum Gasteiger partial charge on any atom is 0.227 e. The van der Waals surface area contributed by atoms with E-state index < -0.39 is 6.04 Å². The maximum atomic E-state index is 13.7. The fraction of sp³-hybridized carbons (Fsp3) is 0.214. The predicted octanol–water partition coefficient (Wildman–Crippen LogP) is 5.70. The van der Waals surface area contributed by atoms with E-state index >= 15 is 0 Å². The van der Waals surface area contributed by atoms with Gasteiger partial charge in [0.15, 0.2) is 5.78 Å². The SMILES string of the molecule is O=C(c1c[nH]c2cc(N3CCCC3=O)ccc12)C(NCCc1ccc(Cl)cc1)c1ccccc1. The van der Waals surface area contributed by atoms with Gasteiger partial charge in [-0.15, -0.1) is 0 Å². The molecule has 0 saturated carbocycles. The molecule has 1 aromatic heterocycles. The third kappa shape index (κ3) is 4.63. The molecule has 1 amide bonds. The molecule has 1 aliphatic rings. The number of carbonyl (C=O) groups excluding carboxylic acids is 2. The first kappa shape index (κ1) is 22.4. The molecule has 3 aromatic carbocycles. The molecule has 1 aliphatic heterocycles. The van der Waals surface area contributed by atoms with E-state index in [1.807, 2.05) is 77.7 Å². The average Bonchev–Trinajstić information content (AvgIpc) is 3.49. The van der Waals surface area contributed by atoms with Gasteiger partial charge in [0.2, 0.25) is 5.91 Å². The second-order valence-electron chi connectivity index (χ2n) is 8.62. The molecule has 1 unspecified atom stereocenters. The van der Waals surface area contributed by atoms with Crippen LogP contribution in [-0.4, -0.2) is 29.8 Å². The van der Waals surface area contributed by atoms with Crippen LogP contribution in [0.4, 0.5) is 5.69 Å². The lowest BCUT2D eigenvalue weighted by molar-refractivity contribution is -0.117. The number of nitrogens with zero attached hydrogens (tertiary/aromatic N) is 1. The summed E-state index contributed by atoms with van der Waals surface area (Å²) in [6, 6.07) is 22.9. The number of Topliss-reactive ketones (excluding diaryl/α,β-unsaturated/α-hetero) is 1. The number of H-pyrrole nitrogens is 1. The third-order valence-electron chi connectivity index (χ3n) is 6.39. The van der Waals surface area contributed by atoms with Gasteiger partial charge >= 0.3 is 0 Å². The molecular weight excluding hydrogens is 446 g/mol. The van der Waals surface area contributed by atoms with Gasteiger partial charge in [0, 0.05) is 52.9 Å². The van der Waals surface area contributed by atoms with Crippen LogP contribution in [0.5, 0.6) is 0 Å². The van der Waals surface area contributed by atoms with E-state index in [1.54, 1.807) is 6.20 Å². The summed E-state index contributed by atoms with van der Waals surface area (Å²) in [5.74, 6) is 0.162. The maximum absolute atomic E-state index is 13.7. The van der Waals surface area contributed by atoms with Crippen LogP contribution in [-0.2, 0) is 11.2 Å². The standard InChI is InChI=1S/C28H26ClN3O2/c29-21-10-8-19(9-11-21)14-15-30-27(20-5-2-1-3-6-20)28(34)24-18-31-25-17-22(12-13-23(24)25)32-16-4-7-26(32)33/h1-3,5-6,8-13,17-18,27,30-31H,4,7,14-16H2. The molecule has 5 rings (SSSR count). The van der Waals surface area contributed by atoms with E-state index in [4.69, 9.17) is 11.6 Å². The highest BCUT2D eigenvalue weighted by molar-refractivity contribution is 6.30. The molecule has 34 heavy (non-hydrogen) atoms. The van der Waals surface area contributed by atoms with E-state index in [9.17, 15) is 9.59 Å². The number of ketones is 1. The number of benzene rings is 3. The molecule has 0 spiro atoms. The van der Waals surface area contributed by atoms with Crippen LogP contribution in [0.1, 0.15) is 40.4 Å². The fourth-order valence-corrected chi connectivity index (χ4v) is 4.71. The number of halogens is 1. The fourth-order valence-electron chi connectivity index (χ4n) is 4.58. The number of carbonyl (C=O) groups is 2. The molecule has 0 radical (unpaired) electrons. The van der Waals surface area contributed by atoms with Crippen molar-refractivity contribution in [2.75, 3.05) is 18.0 Å². The first-order valence-corrected chi connectivity index (χ1v) is 12.0. The highest BCUT2D eigenvalue weighted by atomic mass is 35.5. The molecule has 6 heteroatoms. The lowest BCUT2D eigenvalue weighted by Gasteiger charge is -2.18. The Morgan fingerprint density at radius 2 is 1.85 bits per heavy atom. The molecule has 1 saturated heterocycles. The zero-order valence-electron chi connectivity index (χ0n) is 18.8. The van der Waals surface area contributed by atoms with Gasteiger partial charge in [-0.25, -0.2) is 0 Å². The van der Waals surface area contributed by atoms with Crippen molar-refractivity contribution in [2.45, 2.75) is 25.3 Å². The van der Waals surface area contributed by atoms with Gasteiger partial charge in [-0.2, -0.15) is 0 Å². The molecule has 172 valence electrons. The summed E-state index contributed by atoms with van der Waals surface area (Å²) in [6.07, 6.45) is 4.03. The lowest BCUT2D eigenvalue weighted by Crippen LogP contribution is -2.30. The quantitative estimate of drug-likeness (QED) is 0.324. The van der Waals surface area contributed by atoms with Crippen LogP contribution in [0.15, 0.2) is 79.0 Å². The van der Waals surface area contributed by atoms with Crippen LogP contribution >= 0.6 is 11.6 Å². The van der Waals surface area contributed by atoms with Crippen LogP contribution in [0.25, 0.3) is 10.9 Å². The topological polar surface area (TPSA) is 65.2 Å². The Bertz CT molecular complexity index is 1310. The molecule has 1 fully saturated rings. The molecule has 1 atom stereocenters. The average molecular weight is 472 g/mol. The lowest BCUT2D eigenvalue weighted by atomic mass is 9.96. The van der Waals surface area contributed by atoms with Crippen molar-refractivity contribution in [2.24, 2.45) is 0 Å². The van der Waals surface area contributed by atoms with Crippen LogP contribution in [0.2, 0.25) is 5.02 Å². The van der Waals surface area contributed by atoms with Crippen molar-refractivity contribution in [3.05, 3.63) is 101 Å². The normalized spacial score (nSPS) is 14.6. The minimum absolute atomic E-state index is 0.0126. The van der Waals surface area contributed by atoms with Gasteiger partial charge in [-0.1, -0.05) is 60.1 Å². The molecule has 4 aromatic rings. The minimum atomic E-state index is -0.465. The molecule has 5 nitrogen and oxygen atoms in total. The number of rotatable bonds is 8. The molecule has 2 N–H and O–H groups in total. The molecule has 2 heterocycles. The highest BCUT2D eigenvalue weighted by Crippen LogP contribution is 2.29. The summed E-state index contributed by atoms with van der Waals surface area (Å²) in [5, 5.41) is 5.04. The number of anilines is 1. The number of aromatic nitrogens is 1. The number of hydrogen-bond acceptors (Lipinski definition) is 3. The van der Waals surface area contributed by atoms with Crippen molar-refractivity contribution in [1.29, 1.82) is 0 Å². The first-order valence-electron chi connectivity index (χ1n) is 11.6. The van der Waals surface area contributed by atoms with Crippen LogP contribution in [0, 0.1) is 0 Å². The summed E-state index contributed by atoms with van der Waals surface area (Å²) in [6.45, 7) is 1.39. The smallest absolute Gasteiger partial charge is 0.227 e. The number of hydrogen-bond donors (Lipinski definition) is 2. The Morgan fingerprint density at radius 3 is 2.59 bits per heavy atom. The van der Waals surface area contributed by atoms with Crippen molar-refractivity contribution in [3.8, 4) is 0 Å². The van der Waals surface area contributed by atoms with E-state index in [0.717, 1.165) is 47.1 Å². The second kappa shape index (κ2) is 9.84. The van der Waals surface area contributed by atoms with Gasteiger partial charge in [0.1, 0.15) is 0 Å². The Kier molecular flexibility index (Phi) is 6.48. The second-order valence-corrected chi connectivity index (χ2v) is 9.06. The van der Waals surface area contributed by atoms with E-state index in [1.165, 1.54) is 0 Å². The first-order chi connectivity index (χ1) is 16.6. The van der Waals surface area contributed by atoms with Gasteiger partial charge in [0.05, 0.1) is 6.04 Å². The summed E-state index contributed by atoms with van der Waals surface area (Å²) in [4.78, 5) is 30.9. The Hall–Kier alpha value is -3.41. The summed E-state index contributed by atoms with van der Waals surface area (Å²) >= 11 is 5.99. The summed E-state index contributed by atoms with van der Waals surface area (Å²) < 4.78 is 0. The predicted molar refractivity (Wildman–Crippen MR) is 137 cm³/mol. The number of fused-ring (bicyclic) bond motifs is 1. The zero-order chi connectivity index (χ0) is 23.5. The van der Waals surface area contributed by atoms with Crippen molar-refractivity contribution in [3.63, 3.8) is 0 Å². The van der Waals surface area contributed by atoms with Gasteiger partial charge in [0.25, 0.3) is 0 Å². The molecular formula is C28H26ClN3O2. The number of aromatic amines is 1. The summed E-state index contributed by atoms with van der Waals surface area (Å²) in [7, 11) is 0. The Labute approximate surface area is 203 Å². The van der Waals surface area contributed by atoms with E-state index in [-0.39, 0.29) is 11.7 Å². The van der Waals surface area contributed by atoms with Gasteiger partial charge in [-0.3, -0.25) is 9.59 Å².